The number of H-pyrrole nitrogens is 1. The predicted octanol–water partition coefficient (Wildman–Crippen LogP) is 2.61. The van der Waals surface area contributed by atoms with Gasteiger partial charge in [0, 0.05) is 28.9 Å². The molecule has 10 nitrogen and oxygen atoms in total. The summed E-state index contributed by atoms with van der Waals surface area (Å²) in [6, 6.07) is 7.29. The fourth-order valence-corrected chi connectivity index (χ4v) is 4.79. The molecule has 5 N–H and O–H groups in total. The maximum Gasteiger partial charge on any atom is 0.268 e. The highest BCUT2D eigenvalue weighted by Crippen LogP contribution is 2.26. The Bertz CT molecular complexity index is 1190. The smallest absolute Gasteiger partial charge is 0.268 e. The topological polar surface area (TPSA) is 148 Å². The maximum atomic E-state index is 13.6. The molecular weight excluding hydrogens is 484 g/mol. The number of aromatic amines is 1. The zero-order valence-electron chi connectivity index (χ0n) is 23.1. The number of nitrogens with one attached hydrogen (secondary N) is 5. The van der Waals surface area contributed by atoms with Gasteiger partial charge in [-0.1, -0.05) is 19.9 Å². The van der Waals surface area contributed by atoms with Crippen LogP contribution < -0.4 is 26.0 Å². The van der Waals surface area contributed by atoms with E-state index in [1.54, 1.807) is 13.2 Å². The lowest BCUT2D eigenvalue weighted by atomic mass is 9.92. The third-order valence-corrected chi connectivity index (χ3v) is 6.58. The van der Waals surface area contributed by atoms with E-state index >= 15 is 0 Å². The van der Waals surface area contributed by atoms with Crippen LogP contribution >= 0.6 is 0 Å². The minimum absolute atomic E-state index is 0.0713. The van der Waals surface area contributed by atoms with Crippen LogP contribution in [0.25, 0.3) is 10.9 Å². The van der Waals surface area contributed by atoms with Crippen LogP contribution in [-0.2, 0) is 9.59 Å². The average molecular weight is 525 g/mol. The Morgan fingerprint density at radius 1 is 1.24 bits per heavy atom. The van der Waals surface area contributed by atoms with E-state index in [4.69, 9.17) is 4.74 Å². The van der Waals surface area contributed by atoms with Crippen molar-refractivity contribution in [2.45, 2.75) is 77.5 Å². The molecule has 3 amide bonds. The molecule has 38 heavy (non-hydrogen) atoms. The summed E-state index contributed by atoms with van der Waals surface area (Å²) in [7, 11) is 1.57. The minimum atomic E-state index is -0.829. The fourth-order valence-electron chi connectivity index (χ4n) is 4.79. The van der Waals surface area contributed by atoms with Crippen molar-refractivity contribution in [1.82, 2.24) is 26.3 Å². The van der Waals surface area contributed by atoms with Gasteiger partial charge in [-0.25, -0.2) is 0 Å². The second-order valence-electron chi connectivity index (χ2n) is 11.4. The molecule has 1 fully saturated rings. The molecule has 206 valence electrons. The molecule has 1 aromatic heterocycles. The van der Waals surface area contributed by atoms with Crippen molar-refractivity contribution in [3.8, 4) is 11.8 Å². The third-order valence-electron chi connectivity index (χ3n) is 6.58. The lowest BCUT2D eigenvalue weighted by molar-refractivity contribution is -0.126. The molecule has 2 heterocycles. The summed E-state index contributed by atoms with van der Waals surface area (Å²) >= 11 is 0. The number of benzene rings is 1. The van der Waals surface area contributed by atoms with Crippen LogP contribution in [0.5, 0.6) is 5.75 Å². The van der Waals surface area contributed by atoms with Crippen molar-refractivity contribution in [2.24, 2.45) is 11.8 Å². The Morgan fingerprint density at radius 2 is 1.97 bits per heavy atom. The largest absolute Gasteiger partial charge is 0.496 e. The Hall–Kier alpha value is -3.58. The summed E-state index contributed by atoms with van der Waals surface area (Å²) < 4.78 is 5.39. The average Bonchev–Trinajstić information content (AvgIpc) is 3.46. The molecule has 0 aliphatic carbocycles. The Morgan fingerprint density at radius 3 is 2.55 bits per heavy atom. The molecule has 0 saturated carbocycles. The van der Waals surface area contributed by atoms with Gasteiger partial charge in [0.05, 0.1) is 19.2 Å². The number of fused-ring (bicyclic) bond motifs is 1. The molecule has 0 spiro atoms. The van der Waals surface area contributed by atoms with Crippen LogP contribution in [0.3, 0.4) is 0 Å². The number of hydrogen-bond acceptors (Lipinski definition) is 6. The number of ether oxygens (including phenoxy) is 1. The molecule has 0 radical (unpaired) electrons. The lowest BCUT2D eigenvalue weighted by Gasteiger charge is -2.32. The standard InChI is InChI=1S/C28H40N6O4/c1-16(2)12-21(33-27(37)22-14-18-19(31-22)8-7-9-24(18)38-6)26(36)32-20(13-17-10-11-30-25(17)35)23(15-29)34-28(3,4)5/h7-9,14,16-17,20-21,23,31,34H,10-13H2,1-6H3,(H,30,35)(H,32,36)(H,33,37)/t17-,20-,21-,23?/m0/s1. The van der Waals surface area contributed by atoms with Crippen LogP contribution in [0.2, 0.25) is 0 Å². The van der Waals surface area contributed by atoms with Crippen LogP contribution in [-0.4, -0.2) is 60.0 Å². The first-order valence-corrected chi connectivity index (χ1v) is 13.1. The second-order valence-corrected chi connectivity index (χ2v) is 11.4. The number of aromatic nitrogens is 1. The molecule has 2 aromatic rings. The molecule has 1 aliphatic heterocycles. The summed E-state index contributed by atoms with van der Waals surface area (Å²) in [6.45, 7) is 10.3. The fraction of sp³-hybridized carbons (Fsp3) is 0.571. The van der Waals surface area contributed by atoms with Gasteiger partial charge in [-0.2, -0.15) is 5.26 Å². The van der Waals surface area contributed by atoms with E-state index in [1.807, 2.05) is 52.8 Å². The first-order valence-electron chi connectivity index (χ1n) is 13.1. The molecule has 1 aliphatic rings. The highest BCUT2D eigenvalue weighted by atomic mass is 16.5. The number of amides is 3. The van der Waals surface area contributed by atoms with Crippen LogP contribution in [0, 0.1) is 23.2 Å². The molecular formula is C28H40N6O4. The summed E-state index contributed by atoms with van der Waals surface area (Å²) in [6.07, 6.45) is 1.37. The van der Waals surface area contributed by atoms with Crippen molar-refractivity contribution in [3.63, 3.8) is 0 Å². The van der Waals surface area contributed by atoms with Crippen molar-refractivity contribution in [1.29, 1.82) is 5.26 Å². The number of hydrogen-bond donors (Lipinski definition) is 5. The quantitative estimate of drug-likeness (QED) is 0.305. The number of methoxy groups -OCH3 is 1. The summed E-state index contributed by atoms with van der Waals surface area (Å²) in [5.74, 6) is -0.412. The van der Waals surface area contributed by atoms with E-state index in [-0.39, 0.29) is 29.2 Å². The molecule has 4 atom stereocenters. The van der Waals surface area contributed by atoms with Gasteiger partial charge in [-0.05, 0) is 64.2 Å². The zero-order valence-corrected chi connectivity index (χ0v) is 23.1. The lowest BCUT2D eigenvalue weighted by Crippen LogP contribution is -2.58. The van der Waals surface area contributed by atoms with Gasteiger partial charge in [0.1, 0.15) is 23.5 Å². The number of nitrogens with zero attached hydrogens (tertiary/aromatic N) is 1. The SMILES string of the molecule is COc1cccc2[nH]c(C(=O)N[C@@H](CC(C)C)C(=O)N[C@@H](C[C@@H]3CCNC3=O)C(C#N)NC(C)(C)C)cc12. The normalized spacial score (nSPS) is 17.9. The summed E-state index contributed by atoms with van der Waals surface area (Å²) in [5, 5.41) is 22.7. The van der Waals surface area contributed by atoms with Crippen LogP contribution in [0.15, 0.2) is 24.3 Å². The van der Waals surface area contributed by atoms with Gasteiger partial charge >= 0.3 is 0 Å². The van der Waals surface area contributed by atoms with Crippen molar-refractivity contribution in [3.05, 3.63) is 30.0 Å². The first kappa shape index (κ1) is 29.0. The Balaban J connectivity index is 1.82. The van der Waals surface area contributed by atoms with Gasteiger partial charge in [0.25, 0.3) is 5.91 Å². The third kappa shape index (κ3) is 7.48. The van der Waals surface area contributed by atoms with Gasteiger partial charge < -0.3 is 25.7 Å². The van der Waals surface area contributed by atoms with E-state index in [9.17, 15) is 19.6 Å². The maximum absolute atomic E-state index is 13.6. The molecule has 1 saturated heterocycles. The molecule has 3 rings (SSSR count). The number of nitriles is 1. The van der Waals surface area contributed by atoms with E-state index in [0.717, 1.165) is 10.9 Å². The highest BCUT2D eigenvalue weighted by molar-refractivity contribution is 6.01. The van der Waals surface area contributed by atoms with E-state index in [0.29, 0.717) is 37.3 Å². The summed E-state index contributed by atoms with van der Waals surface area (Å²) in [5.41, 5.74) is 0.678. The number of rotatable bonds is 11. The Labute approximate surface area is 224 Å². The van der Waals surface area contributed by atoms with Gasteiger partial charge in [0.2, 0.25) is 11.8 Å². The zero-order chi connectivity index (χ0) is 28.0. The van der Waals surface area contributed by atoms with Crippen LogP contribution in [0.1, 0.15) is 64.4 Å². The minimum Gasteiger partial charge on any atom is -0.496 e. The van der Waals surface area contributed by atoms with Crippen molar-refractivity contribution < 1.29 is 19.1 Å². The number of carbonyl (C=O) groups excluding carboxylic acids is 3. The van der Waals surface area contributed by atoms with E-state index in [2.05, 4.69) is 32.3 Å². The Kier molecular flexibility index (Phi) is 9.39. The van der Waals surface area contributed by atoms with Crippen molar-refractivity contribution >= 4 is 28.6 Å². The van der Waals surface area contributed by atoms with E-state index in [1.165, 1.54) is 0 Å². The number of carbonyl (C=O) groups is 3. The molecule has 1 unspecified atom stereocenters. The first-order chi connectivity index (χ1) is 17.9. The van der Waals surface area contributed by atoms with Gasteiger partial charge in [0.15, 0.2) is 0 Å². The van der Waals surface area contributed by atoms with Crippen LogP contribution in [0.4, 0.5) is 0 Å². The van der Waals surface area contributed by atoms with E-state index < -0.39 is 24.0 Å². The summed E-state index contributed by atoms with van der Waals surface area (Å²) in [4.78, 5) is 42.2. The predicted molar refractivity (Wildman–Crippen MR) is 146 cm³/mol. The molecule has 10 heteroatoms. The monoisotopic (exact) mass is 524 g/mol. The highest BCUT2D eigenvalue weighted by Gasteiger charge is 2.35. The molecule has 0 bridgehead atoms. The van der Waals surface area contributed by atoms with Gasteiger partial charge in [-0.15, -0.1) is 0 Å². The van der Waals surface area contributed by atoms with Crippen molar-refractivity contribution in [2.75, 3.05) is 13.7 Å². The second kappa shape index (κ2) is 12.3. The molecule has 1 aromatic carbocycles. The van der Waals surface area contributed by atoms with Gasteiger partial charge in [-0.3, -0.25) is 19.7 Å².